The number of alkyl halides is 3. The molecule has 7 atom stereocenters. The van der Waals surface area contributed by atoms with Gasteiger partial charge in [0, 0.05) is 18.4 Å². The van der Waals surface area contributed by atoms with Crippen molar-refractivity contribution < 1.29 is 55.0 Å². The number of primary amides is 1. The van der Waals surface area contributed by atoms with Crippen molar-refractivity contribution in [2.24, 2.45) is 29.4 Å². The van der Waals surface area contributed by atoms with Crippen LogP contribution in [0.2, 0.25) is 0 Å². The molecule has 0 spiro atoms. The zero-order valence-corrected chi connectivity index (χ0v) is 38.2. The summed E-state index contributed by atoms with van der Waals surface area (Å²) in [5.41, 5.74) is 3.53. The summed E-state index contributed by atoms with van der Waals surface area (Å²) in [7, 11) is -3.73. The van der Waals surface area contributed by atoms with E-state index in [4.69, 9.17) is 19.9 Å². The minimum Gasteiger partial charge on any atom is -0.491 e. The lowest BCUT2D eigenvalue weighted by atomic mass is 9.84. The molecule has 0 radical (unpaired) electrons. The molecule has 2 aliphatic carbocycles. The molecule has 0 bridgehead atoms. The zero-order chi connectivity index (χ0) is 46.7. The van der Waals surface area contributed by atoms with Gasteiger partial charge in [-0.05, 0) is 116 Å². The summed E-state index contributed by atoms with van der Waals surface area (Å²) in [4.78, 5) is 62.9. The number of carbonyl (C=O) groups excluding carboxylic acids is 4. The number of allylic oxidation sites excluding steroid dienone is 2. The lowest BCUT2D eigenvalue weighted by molar-refractivity contribution is -0.143. The number of nitrogens with zero attached hydrogens (tertiary/aromatic N) is 3. The highest BCUT2D eigenvalue weighted by Gasteiger charge is 2.52. The van der Waals surface area contributed by atoms with Crippen LogP contribution in [0.1, 0.15) is 125 Å². The number of nitrogens with two attached hydrogens (primary N) is 1. The predicted octanol–water partition coefficient (Wildman–Crippen LogP) is 6.97. The molecule has 4 N–H and O–H groups in total. The number of sulfonamides is 1. The summed E-state index contributed by atoms with van der Waals surface area (Å²) in [6.45, 7) is 13.8. The molecule has 1 aromatic carbocycles. The Bertz CT molecular complexity index is 2140. The molecule has 4 amide bonds. The lowest BCUT2D eigenvalue weighted by Crippen LogP contribution is -2.56. The average Bonchev–Trinajstić information content (AvgIpc) is 3.55. The van der Waals surface area contributed by atoms with Crippen LogP contribution in [0.15, 0.2) is 30.4 Å². The third-order valence-corrected chi connectivity index (χ3v) is 14.2. The number of amides is 4. The van der Waals surface area contributed by atoms with Crippen LogP contribution >= 0.6 is 0 Å². The normalized spacial score (nSPS) is 22.8. The Morgan fingerprint density at radius 3 is 2.37 bits per heavy atom. The Morgan fingerprint density at radius 2 is 1.76 bits per heavy atom. The van der Waals surface area contributed by atoms with Crippen LogP contribution in [0.25, 0.3) is 11.0 Å². The second-order valence-corrected chi connectivity index (χ2v) is 21.0. The quantitative estimate of drug-likeness (QED) is 0.130. The highest BCUT2D eigenvalue weighted by Crippen LogP contribution is 2.43. The highest BCUT2D eigenvalue weighted by molar-refractivity contribution is 7.91. The standard InChI is InChI=1S/C44H63F3N6O9S/c1-9-27(21-26(4)13-10-11-14-28-15-12-16-31(28)38(55)52-63(58,59)43(8)19-20-43)35(51-41(57)62-42(5,6)7)40(56)53-24-30(23-34(53)37(48)54)61-39-36(44(45,46)47)49-32-18-17-29(60-25(2)3)22-33(32)50-39/h11,14,17-18,22,25-28,30-31,34-35H,9-10,12-13,15-16,19-21,23-24H2,1-8H3,(H2,48,54)(H,51,57)(H,52,55)/b14-11-/t26-,27-,28-,30-,31?,34+,35+/m1/s1. The van der Waals surface area contributed by atoms with Crippen molar-refractivity contribution in [3.05, 3.63) is 36.0 Å². The first kappa shape index (κ1) is 49.3. The zero-order valence-electron chi connectivity index (χ0n) is 37.4. The summed E-state index contributed by atoms with van der Waals surface area (Å²) in [6.07, 6.45) is 1.97. The van der Waals surface area contributed by atoms with E-state index in [1.807, 2.05) is 26.0 Å². The average molecular weight is 909 g/mol. The van der Waals surface area contributed by atoms with E-state index >= 15 is 0 Å². The van der Waals surface area contributed by atoms with Gasteiger partial charge in [-0.3, -0.25) is 19.1 Å². The molecular formula is C44H63F3N6O9S. The Morgan fingerprint density at radius 1 is 1.06 bits per heavy atom. The van der Waals surface area contributed by atoms with Crippen LogP contribution in [0, 0.1) is 23.7 Å². The van der Waals surface area contributed by atoms with Crippen molar-refractivity contribution in [2.75, 3.05) is 6.54 Å². The molecule has 1 aromatic heterocycles. The van der Waals surface area contributed by atoms with Gasteiger partial charge in [-0.15, -0.1) is 0 Å². The van der Waals surface area contributed by atoms with Gasteiger partial charge < -0.3 is 30.2 Å². The number of halogens is 3. The fraction of sp³-hybridized carbons (Fsp3) is 0.682. The number of hydrogen-bond donors (Lipinski definition) is 3. The van der Waals surface area contributed by atoms with E-state index in [0.29, 0.717) is 50.7 Å². The van der Waals surface area contributed by atoms with Gasteiger partial charge in [0.15, 0.2) is 0 Å². The largest absolute Gasteiger partial charge is 0.491 e. The Labute approximate surface area is 367 Å². The number of likely N-dealkylation sites (tertiary alicyclic amines) is 1. The van der Waals surface area contributed by atoms with Crippen molar-refractivity contribution in [3.8, 4) is 11.6 Å². The molecule has 3 aliphatic rings. The van der Waals surface area contributed by atoms with Crippen LogP contribution in [-0.4, -0.2) is 88.3 Å². The van der Waals surface area contributed by atoms with Crippen molar-refractivity contribution in [1.82, 2.24) is 24.9 Å². The monoisotopic (exact) mass is 908 g/mol. The van der Waals surface area contributed by atoms with E-state index in [-0.39, 0.29) is 41.9 Å². The second kappa shape index (κ2) is 19.6. The fourth-order valence-corrected chi connectivity index (χ4v) is 9.63. The highest BCUT2D eigenvalue weighted by atomic mass is 32.2. The molecule has 2 saturated carbocycles. The minimum atomic E-state index is -4.96. The second-order valence-electron chi connectivity index (χ2n) is 18.8. The number of aromatic nitrogens is 2. The van der Waals surface area contributed by atoms with Gasteiger partial charge >= 0.3 is 12.3 Å². The number of fused-ring (bicyclic) bond motifs is 1. The van der Waals surface area contributed by atoms with Gasteiger partial charge in [0.1, 0.15) is 29.5 Å². The predicted molar refractivity (Wildman–Crippen MR) is 229 cm³/mol. The summed E-state index contributed by atoms with van der Waals surface area (Å²) in [5.74, 6) is -3.50. The Kier molecular flexibility index (Phi) is 15.3. The Balaban J connectivity index is 1.30. The number of nitrogens with one attached hydrogen (secondary N) is 2. The number of carbonyl (C=O) groups is 4. The third-order valence-electron chi connectivity index (χ3n) is 12.0. The maximum absolute atomic E-state index is 14.6. The minimum absolute atomic E-state index is 0.0164. The molecular weight excluding hydrogens is 846 g/mol. The topological polar surface area (TPSA) is 209 Å². The van der Waals surface area contributed by atoms with E-state index in [2.05, 4.69) is 20.0 Å². The van der Waals surface area contributed by atoms with Crippen LogP contribution in [0.5, 0.6) is 11.6 Å². The molecule has 350 valence electrons. The van der Waals surface area contributed by atoms with Gasteiger partial charge in [0.25, 0.3) is 0 Å². The SMILES string of the molecule is CC[C@H](C[C@H](C)CC/C=C\[C@@H]1CCCC1C(=O)NS(=O)(=O)C1(C)CC1)[C@H](NC(=O)OC(C)(C)C)C(=O)N1C[C@H](Oc2nc3cc(OC(C)C)ccc3nc2C(F)(F)F)C[C@H]1C(N)=O. The van der Waals surface area contributed by atoms with Gasteiger partial charge in [-0.2, -0.15) is 13.2 Å². The first-order valence-corrected chi connectivity index (χ1v) is 23.3. The number of ether oxygens (including phenoxy) is 3. The maximum Gasteiger partial charge on any atom is 0.438 e. The lowest BCUT2D eigenvalue weighted by Gasteiger charge is -2.33. The molecule has 1 aliphatic heterocycles. The van der Waals surface area contributed by atoms with E-state index in [1.54, 1.807) is 41.5 Å². The van der Waals surface area contributed by atoms with E-state index in [0.717, 1.165) is 17.7 Å². The molecule has 1 unspecified atom stereocenters. The van der Waals surface area contributed by atoms with E-state index < -0.39 is 92.0 Å². The van der Waals surface area contributed by atoms with Crippen LogP contribution in [0.3, 0.4) is 0 Å². The molecule has 3 fully saturated rings. The third kappa shape index (κ3) is 12.7. The van der Waals surface area contributed by atoms with Crippen molar-refractivity contribution in [3.63, 3.8) is 0 Å². The van der Waals surface area contributed by atoms with Gasteiger partial charge in [0.05, 0.1) is 28.4 Å². The van der Waals surface area contributed by atoms with E-state index in [9.17, 15) is 40.8 Å². The molecule has 19 heteroatoms. The first-order valence-electron chi connectivity index (χ1n) is 21.8. The van der Waals surface area contributed by atoms with Gasteiger partial charge in [-0.25, -0.2) is 23.2 Å². The smallest absolute Gasteiger partial charge is 0.438 e. The summed E-state index contributed by atoms with van der Waals surface area (Å²) in [5, 5.41) is 2.72. The first-order chi connectivity index (χ1) is 29.3. The molecule has 5 rings (SSSR count). The van der Waals surface area contributed by atoms with Crippen LogP contribution in [-0.2, 0) is 35.3 Å². The molecule has 63 heavy (non-hydrogen) atoms. The van der Waals surface area contributed by atoms with Crippen molar-refractivity contribution >= 4 is 44.9 Å². The van der Waals surface area contributed by atoms with E-state index in [1.165, 1.54) is 18.2 Å². The number of alkyl carbamates (subject to hydrolysis) is 1. The van der Waals surface area contributed by atoms with Gasteiger partial charge in [-0.1, -0.05) is 38.8 Å². The number of hydrogen-bond acceptors (Lipinski definition) is 11. The maximum atomic E-state index is 14.6. The van der Waals surface area contributed by atoms with Crippen LogP contribution < -0.4 is 25.2 Å². The molecule has 15 nitrogen and oxygen atoms in total. The molecule has 2 aromatic rings. The number of benzene rings is 1. The summed E-state index contributed by atoms with van der Waals surface area (Å²) in [6, 6.07) is 1.81. The molecule has 1 saturated heterocycles. The van der Waals surface area contributed by atoms with Crippen LogP contribution in [0.4, 0.5) is 18.0 Å². The summed E-state index contributed by atoms with van der Waals surface area (Å²) >= 11 is 0. The summed E-state index contributed by atoms with van der Waals surface area (Å²) < 4.78 is 86.9. The van der Waals surface area contributed by atoms with Gasteiger partial charge in [0.2, 0.25) is 39.3 Å². The number of rotatable bonds is 18. The molecule has 2 heterocycles. The van der Waals surface area contributed by atoms with Crippen molar-refractivity contribution in [2.45, 2.75) is 160 Å². The Hall–Kier alpha value is -4.68. The van der Waals surface area contributed by atoms with Crippen molar-refractivity contribution in [1.29, 1.82) is 0 Å². The fourth-order valence-electron chi connectivity index (χ4n) is 8.32.